The Morgan fingerprint density at radius 1 is 1.83 bits per heavy atom. The van der Waals surface area contributed by atoms with E-state index in [1.165, 1.54) is 0 Å². The summed E-state index contributed by atoms with van der Waals surface area (Å²) in [6, 6.07) is 0. The molecule has 0 radical (unpaired) electrons. The van der Waals surface area contributed by atoms with Crippen molar-refractivity contribution < 1.29 is 5.53 Å². The predicted octanol–water partition coefficient (Wildman–Crippen LogP) is -1.10. The lowest BCUT2D eigenvalue weighted by molar-refractivity contribution is -0.207. The fourth-order valence-corrected chi connectivity index (χ4v) is 0.0236. The van der Waals surface area contributed by atoms with Crippen LogP contribution in [0.1, 0.15) is 0 Å². The molecule has 0 aromatic rings. The molecule has 0 heterocycles. The maximum atomic E-state index is 9.09. The molecule has 0 saturated heterocycles. The van der Waals surface area contributed by atoms with Gasteiger partial charge in [0.15, 0.2) is 0 Å². The van der Waals surface area contributed by atoms with Gasteiger partial charge in [0.1, 0.15) is 0 Å². The molecule has 0 aliphatic carbocycles. The summed E-state index contributed by atoms with van der Waals surface area (Å²) in [7, 11) is 0. The summed E-state index contributed by atoms with van der Waals surface area (Å²) in [5.41, 5.74) is 4.39. The standard InChI is InChI=1S/CH2N4O/c2-1(4-3)5-6/h2-3H/p+1. The molecule has 0 atom stereocenters. The molecular formula is CH3N4O+. The molecule has 0 fully saturated rings. The third kappa shape index (κ3) is 1.22. The summed E-state index contributed by atoms with van der Waals surface area (Å²) in [6.45, 7) is 0. The first-order valence-corrected chi connectivity index (χ1v) is 1.14. The first-order chi connectivity index (χ1) is 2.81. The molecule has 0 unspecified atom stereocenters. The van der Waals surface area contributed by atoms with Crippen LogP contribution in [-0.4, -0.2) is 5.96 Å². The van der Waals surface area contributed by atoms with E-state index in [2.05, 4.69) is 10.6 Å². The topological polar surface area (TPSA) is 91.2 Å². The Kier molecular flexibility index (Phi) is 1.73. The van der Waals surface area contributed by atoms with Crippen LogP contribution in [0.15, 0.2) is 10.3 Å². The van der Waals surface area contributed by atoms with E-state index in [9.17, 15) is 0 Å². The van der Waals surface area contributed by atoms with Gasteiger partial charge in [0.2, 0.25) is 0 Å². The maximum Gasteiger partial charge on any atom is 0.346 e. The molecule has 0 rings (SSSR count). The van der Waals surface area contributed by atoms with Gasteiger partial charge in [-0.3, -0.25) is 5.41 Å². The molecule has 0 aliphatic rings. The highest BCUT2D eigenvalue weighted by Crippen LogP contribution is 1.66. The van der Waals surface area contributed by atoms with E-state index in [-0.39, 0.29) is 0 Å². The van der Waals surface area contributed by atoms with E-state index >= 15 is 0 Å². The zero-order valence-electron chi connectivity index (χ0n) is 2.88. The van der Waals surface area contributed by atoms with Crippen molar-refractivity contribution in [1.82, 2.24) is 0 Å². The van der Waals surface area contributed by atoms with Crippen molar-refractivity contribution in [2.45, 2.75) is 0 Å². The average Bonchev–Trinajstić information content (AvgIpc) is 1.65. The molecule has 0 bridgehead atoms. The van der Waals surface area contributed by atoms with Gasteiger partial charge in [0, 0.05) is 10.3 Å². The molecule has 0 spiro atoms. The van der Waals surface area contributed by atoms with Gasteiger partial charge in [0.05, 0.1) is 0 Å². The van der Waals surface area contributed by atoms with E-state index in [4.69, 9.17) is 10.3 Å². The van der Waals surface area contributed by atoms with E-state index in [1.807, 2.05) is 5.18 Å². The number of nitrogens with zero attached hydrogens (tertiary/aromatic N) is 2. The van der Waals surface area contributed by atoms with Crippen molar-refractivity contribution in [3.8, 4) is 0 Å². The monoisotopic (exact) mass is 87.0 g/mol. The van der Waals surface area contributed by atoms with Gasteiger partial charge < -0.3 is 0 Å². The van der Waals surface area contributed by atoms with Crippen LogP contribution < -0.4 is 5.53 Å². The predicted molar refractivity (Wildman–Crippen MR) is 17.9 cm³/mol. The first-order valence-electron chi connectivity index (χ1n) is 1.14. The highest BCUT2D eigenvalue weighted by atomic mass is 16.3. The summed E-state index contributed by atoms with van der Waals surface area (Å²) >= 11 is 0. The van der Waals surface area contributed by atoms with Crippen molar-refractivity contribution >= 4 is 5.96 Å². The normalized spacial score (nSPS) is 6.67. The van der Waals surface area contributed by atoms with Crippen molar-refractivity contribution in [3.05, 3.63) is 4.91 Å². The molecule has 5 heteroatoms. The molecule has 3 N–H and O–H groups in total. The van der Waals surface area contributed by atoms with Crippen LogP contribution in [0.3, 0.4) is 0 Å². The lowest BCUT2D eigenvalue weighted by atomic mass is 11.1. The Hall–Kier alpha value is -1.13. The maximum absolute atomic E-state index is 9.09. The zero-order chi connectivity index (χ0) is 4.99. The Bertz CT molecular complexity index is 75.5. The van der Waals surface area contributed by atoms with Gasteiger partial charge in [-0.05, 0) is 0 Å². The highest BCUT2D eigenvalue weighted by Gasteiger charge is 1.85. The molecule has 32 valence electrons. The van der Waals surface area contributed by atoms with Gasteiger partial charge >= 0.3 is 5.96 Å². The van der Waals surface area contributed by atoms with E-state index in [1.54, 1.807) is 0 Å². The van der Waals surface area contributed by atoms with E-state index in [0.29, 0.717) is 0 Å². The molecule has 0 aliphatic heterocycles. The molecule has 5 nitrogen and oxygen atoms in total. The van der Waals surface area contributed by atoms with E-state index in [0.717, 1.165) is 0 Å². The Morgan fingerprint density at radius 2 is 2.33 bits per heavy atom. The Labute approximate surface area is 33.4 Å². The second-order valence-electron chi connectivity index (χ2n) is 0.544. The molecule has 6 heavy (non-hydrogen) atoms. The van der Waals surface area contributed by atoms with Gasteiger partial charge in [-0.15, -0.1) is 10.4 Å². The summed E-state index contributed by atoms with van der Waals surface area (Å²) < 4.78 is 0. The third-order valence-corrected chi connectivity index (χ3v) is 0.209. The lowest BCUT2D eigenvalue weighted by Gasteiger charge is -1.59. The van der Waals surface area contributed by atoms with Crippen LogP contribution in [0.25, 0.3) is 0 Å². The summed E-state index contributed by atoms with van der Waals surface area (Å²) in [5, 5.41) is 10.9. The zero-order valence-corrected chi connectivity index (χ0v) is 2.88. The number of guanidine groups is 1. The van der Waals surface area contributed by atoms with Crippen LogP contribution in [-0.2, 0) is 0 Å². The minimum atomic E-state index is -0.685. The number of hydrogen-bond donors (Lipinski definition) is 2. The summed E-state index contributed by atoms with van der Waals surface area (Å²) in [4.78, 5) is 9.09. The van der Waals surface area contributed by atoms with Gasteiger partial charge in [-0.25, -0.2) is 0 Å². The highest BCUT2D eigenvalue weighted by molar-refractivity contribution is 5.76. The third-order valence-electron chi connectivity index (χ3n) is 0.209. The smallest absolute Gasteiger partial charge is 0.258 e. The Balaban J connectivity index is 3.52. The second-order valence-corrected chi connectivity index (χ2v) is 0.544. The van der Waals surface area contributed by atoms with Crippen LogP contribution in [0, 0.1) is 10.3 Å². The average molecular weight is 87.1 g/mol. The number of nitrogens with one attached hydrogen (secondary N) is 1. The number of rotatable bonds is 0. The van der Waals surface area contributed by atoms with Gasteiger partial charge in [-0.2, -0.15) is 0 Å². The first kappa shape index (κ1) is 4.87. The minimum Gasteiger partial charge on any atom is -0.258 e. The fraction of sp³-hybridized carbons (Fsp3) is 0. The lowest BCUT2D eigenvalue weighted by Crippen LogP contribution is -2.25. The number of hydrogen-bond acceptors (Lipinski definition) is 2. The van der Waals surface area contributed by atoms with Crippen molar-refractivity contribution in [2.24, 2.45) is 10.3 Å². The number of nitrogens with two attached hydrogens (primary N) is 1. The molecule has 0 amide bonds. The fourth-order valence-electron chi connectivity index (χ4n) is 0.0236. The van der Waals surface area contributed by atoms with Crippen LogP contribution in [0.5, 0.6) is 0 Å². The summed E-state index contributed by atoms with van der Waals surface area (Å²) in [5.74, 6) is -0.685. The number of nitroso groups, excluding NO2 is 1. The molecule has 0 saturated carbocycles. The Morgan fingerprint density at radius 3 is 2.33 bits per heavy atom. The quantitative estimate of drug-likeness (QED) is 0.167. The van der Waals surface area contributed by atoms with Crippen molar-refractivity contribution in [3.63, 3.8) is 0 Å². The summed E-state index contributed by atoms with van der Waals surface area (Å²) in [6.07, 6.45) is 0. The molecular weight excluding hydrogens is 84.0 g/mol. The molecule has 0 aromatic heterocycles. The van der Waals surface area contributed by atoms with Crippen LogP contribution in [0.4, 0.5) is 0 Å². The van der Waals surface area contributed by atoms with Crippen LogP contribution in [0.2, 0.25) is 0 Å². The second kappa shape index (κ2) is 2.13. The largest absolute Gasteiger partial charge is 0.346 e. The van der Waals surface area contributed by atoms with E-state index < -0.39 is 5.96 Å². The van der Waals surface area contributed by atoms with Crippen molar-refractivity contribution in [2.75, 3.05) is 0 Å². The van der Waals surface area contributed by atoms with Gasteiger partial charge in [0.25, 0.3) is 0 Å². The van der Waals surface area contributed by atoms with Gasteiger partial charge in [-0.1, -0.05) is 0 Å². The van der Waals surface area contributed by atoms with Crippen LogP contribution >= 0.6 is 0 Å². The molecule has 0 aromatic carbocycles. The minimum absolute atomic E-state index is 0.685. The van der Waals surface area contributed by atoms with Crippen molar-refractivity contribution in [1.29, 1.82) is 5.41 Å². The SMILES string of the molecule is N=C(N=[NH2+])N=O.